The Morgan fingerprint density at radius 3 is 2.60 bits per heavy atom. The van der Waals surface area contributed by atoms with Gasteiger partial charge in [0.05, 0.1) is 22.7 Å². The summed E-state index contributed by atoms with van der Waals surface area (Å²) in [5.41, 5.74) is 0.767. The quantitative estimate of drug-likeness (QED) is 0.625. The first kappa shape index (κ1) is 20.6. The Labute approximate surface area is 180 Å². The van der Waals surface area contributed by atoms with E-state index < -0.39 is 5.60 Å². The lowest BCUT2D eigenvalue weighted by atomic mass is 9.85. The summed E-state index contributed by atoms with van der Waals surface area (Å²) in [6, 6.07) is 12.4. The Morgan fingerprint density at radius 2 is 1.83 bits per heavy atom. The molecule has 0 spiro atoms. The molecule has 1 amide bonds. The molecule has 1 aliphatic rings. The molecule has 3 aromatic rings. The zero-order valence-corrected chi connectivity index (χ0v) is 17.7. The molecule has 30 heavy (non-hydrogen) atoms. The van der Waals surface area contributed by atoms with Gasteiger partial charge in [-0.2, -0.15) is 0 Å². The highest BCUT2D eigenvalue weighted by Gasteiger charge is 2.30. The number of nitrogens with one attached hydrogen (secondary N) is 1. The molecule has 156 valence electrons. The summed E-state index contributed by atoms with van der Waals surface area (Å²) in [6.07, 6.45) is 6.22. The summed E-state index contributed by atoms with van der Waals surface area (Å²) in [6.45, 7) is 2.14. The molecule has 0 radical (unpaired) electrons. The summed E-state index contributed by atoms with van der Waals surface area (Å²) in [4.78, 5) is 25.8. The zero-order valence-electron chi connectivity index (χ0n) is 17.0. The number of rotatable bonds is 4. The fraction of sp³-hybridized carbons (Fsp3) is 0.333. The molecule has 4 rings (SSSR count). The first-order chi connectivity index (χ1) is 14.4. The van der Waals surface area contributed by atoms with Crippen LogP contribution in [-0.4, -0.2) is 21.2 Å². The second-order valence-corrected chi connectivity index (χ2v) is 8.57. The minimum Gasteiger partial charge on any atom is -0.388 e. The number of benzene rings is 2. The molecule has 5 nitrogen and oxygen atoms in total. The van der Waals surface area contributed by atoms with Crippen molar-refractivity contribution in [2.45, 2.75) is 51.2 Å². The number of fused-ring (bicyclic) bond motifs is 1. The highest BCUT2D eigenvalue weighted by atomic mass is 35.5. The maximum Gasteiger partial charge on any atom is 0.258 e. The highest BCUT2D eigenvalue weighted by Crippen LogP contribution is 2.30. The average molecular weight is 425 g/mol. The second kappa shape index (κ2) is 8.25. The van der Waals surface area contributed by atoms with Crippen molar-refractivity contribution in [3.05, 3.63) is 75.2 Å². The van der Waals surface area contributed by atoms with Crippen molar-refractivity contribution >= 4 is 34.0 Å². The number of pyridine rings is 1. The molecule has 1 saturated carbocycles. The minimum absolute atomic E-state index is 0.170. The van der Waals surface area contributed by atoms with Crippen LogP contribution in [0.3, 0.4) is 0 Å². The molecule has 1 aromatic heterocycles. The number of amides is 1. The molecule has 6 heteroatoms. The van der Waals surface area contributed by atoms with E-state index in [-0.39, 0.29) is 18.0 Å². The molecule has 0 atom stereocenters. The first-order valence-corrected chi connectivity index (χ1v) is 10.7. The van der Waals surface area contributed by atoms with Gasteiger partial charge in [-0.25, -0.2) is 0 Å². The molecule has 1 aliphatic carbocycles. The van der Waals surface area contributed by atoms with E-state index in [4.69, 9.17) is 11.6 Å². The SMILES string of the molecule is Cc1cccc(C(=O)Nc2cccc3c(=O)n(CC4(O)CCCCC4)ccc23)c1Cl. The van der Waals surface area contributed by atoms with Crippen molar-refractivity contribution in [3.63, 3.8) is 0 Å². The number of hydrogen-bond donors (Lipinski definition) is 2. The third kappa shape index (κ3) is 4.00. The van der Waals surface area contributed by atoms with Gasteiger partial charge in [0.2, 0.25) is 0 Å². The predicted octanol–water partition coefficient (Wildman–Crippen LogP) is 4.91. The van der Waals surface area contributed by atoms with Gasteiger partial charge >= 0.3 is 0 Å². The van der Waals surface area contributed by atoms with Crippen LogP contribution in [0.15, 0.2) is 53.5 Å². The van der Waals surface area contributed by atoms with Crippen molar-refractivity contribution in [1.82, 2.24) is 4.57 Å². The number of hydrogen-bond acceptors (Lipinski definition) is 3. The lowest BCUT2D eigenvalue weighted by molar-refractivity contribution is -0.0121. The van der Waals surface area contributed by atoms with E-state index in [9.17, 15) is 14.7 Å². The highest BCUT2D eigenvalue weighted by molar-refractivity contribution is 6.35. The van der Waals surface area contributed by atoms with Crippen molar-refractivity contribution in [2.75, 3.05) is 5.32 Å². The lowest BCUT2D eigenvalue weighted by Gasteiger charge is -2.32. The van der Waals surface area contributed by atoms with E-state index in [1.165, 1.54) is 0 Å². The molecule has 2 N–H and O–H groups in total. The van der Waals surface area contributed by atoms with Gasteiger partial charge in [0.25, 0.3) is 11.5 Å². The minimum atomic E-state index is -0.830. The monoisotopic (exact) mass is 424 g/mol. The Hall–Kier alpha value is -2.63. The van der Waals surface area contributed by atoms with Gasteiger partial charge in [-0.05, 0) is 49.6 Å². The van der Waals surface area contributed by atoms with Crippen LogP contribution < -0.4 is 10.9 Å². The fourth-order valence-electron chi connectivity index (χ4n) is 4.25. The average Bonchev–Trinajstić information content (AvgIpc) is 2.73. The summed E-state index contributed by atoms with van der Waals surface area (Å²) in [7, 11) is 0. The molecule has 1 heterocycles. The van der Waals surface area contributed by atoms with Gasteiger partial charge in [-0.3, -0.25) is 9.59 Å². The number of carbonyl (C=O) groups is 1. The summed E-state index contributed by atoms with van der Waals surface area (Å²) in [5, 5.41) is 15.3. The topological polar surface area (TPSA) is 71.3 Å². The lowest BCUT2D eigenvalue weighted by Crippen LogP contribution is -2.39. The van der Waals surface area contributed by atoms with E-state index >= 15 is 0 Å². The zero-order chi connectivity index (χ0) is 21.3. The van der Waals surface area contributed by atoms with Crippen molar-refractivity contribution in [3.8, 4) is 0 Å². The summed E-state index contributed by atoms with van der Waals surface area (Å²) >= 11 is 6.29. The third-order valence-corrected chi connectivity index (χ3v) is 6.45. The number of aryl methyl sites for hydroxylation is 1. The van der Waals surface area contributed by atoms with Crippen LogP contribution in [0.2, 0.25) is 5.02 Å². The molecular formula is C24H25ClN2O3. The van der Waals surface area contributed by atoms with Gasteiger partial charge in [-0.1, -0.05) is 49.1 Å². The van der Waals surface area contributed by atoms with Gasteiger partial charge in [0.1, 0.15) is 0 Å². The molecule has 0 saturated heterocycles. The van der Waals surface area contributed by atoms with E-state index in [2.05, 4.69) is 5.32 Å². The summed E-state index contributed by atoms with van der Waals surface area (Å²) < 4.78 is 1.58. The van der Waals surface area contributed by atoms with Gasteiger partial charge in [-0.15, -0.1) is 0 Å². The standard InChI is InChI=1S/C24H25ClN2O3/c1-16-7-5-9-19(21(16)25)22(28)26-20-10-6-8-18-17(20)11-14-27(23(18)29)15-24(30)12-3-2-4-13-24/h5-11,14,30H,2-4,12-13,15H2,1H3,(H,26,28). The van der Waals surface area contributed by atoms with Crippen LogP contribution in [0.1, 0.15) is 48.0 Å². The predicted molar refractivity (Wildman–Crippen MR) is 120 cm³/mol. The van der Waals surface area contributed by atoms with Crippen LogP contribution in [0, 0.1) is 6.92 Å². The molecule has 1 fully saturated rings. The number of carbonyl (C=O) groups excluding carboxylic acids is 1. The van der Waals surface area contributed by atoms with Gasteiger partial charge in [0.15, 0.2) is 0 Å². The molecule has 0 bridgehead atoms. The van der Waals surface area contributed by atoms with Crippen LogP contribution in [-0.2, 0) is 6.54 Å². The Morgan fingerprint density at radius 1 is 1.10 bits per heavy atom. The Kier molecular flexibility index (Phi) is 5.67. The molecule has 0 aliphatic heterocycles. The van der Waals surface area contributed by atoms with Crippen LogP contribution in [0.5, 0.6) is 0 Å². The van der Waals surface area contributed by atoms with Crippen molar-refractivity contribution in [2.24, 2.45) is 0 Å². The van der Waals surface area contributed by atoms with Crippen molar-refractivity contribution in [1.29, 1.82) is 0 Å². The maximum atomic E-state index is 13.1. The van der Waals surface area contributed by atoms with Gasteiger partial charge < -0.3 is 15.0 Å². The summed E-state index contributed by atoms with van der Waals surface area (Å²) in [5.74, 6) is -0.322. The number of nitrogens with zero attached hydrogens (tertiary/aromatic N) is 1. The van der Waals surface area contributed by atoms with E-state index in [0.29, 0.717) is 39.9 Å². The van der Waals surface area contributed by atoms with E-state index in [1.54, 1.807) is 41.1 Å². The molecular weight excluding hydrogens is 400 g/mol. The Balaban J connectivity index is 1.66. The molecule has 0 unspecified atom stereocenters. The number of halogens is 1. The number of aromatic nitrogens is 1. The first-order valence-electron chi connectivity index (χ1n) is 10.3. The fourth-order valence-corrected chi connectivity index (χ4v) is 4.46. The Bertz CT molecular complexity index is 1160. The normalized spacial score (nSPS) is 15.8. The van der Waals surface area contributed by atoms with E-state index in [1.807, 2.05) is 19.1 Å². The van der Waals surface area contributed by atoms with E-state index in [0.717, 1.165) is 24.8 Å². The number of aliphatic hydroxyl groups is 1. The smallest absolute Gasteiger partial charge is 0.258 e. The van der Waals surface area contributed by atoms with Crippen LogP contribution in [0.4, 0.5) is 5.69 Å². The van der Waals surface area contributed by atoms with Crippen molar-refractivity contribution < 1.29 is 9.90 Å². The second-order valence-electron chi connectivity index (χ2n) is 8.19. The number of anilines is 1. The third-order valence-electron chi connectivity index (χ3n) is 5.95. The van der Waals surface area contributed by atoms with Crippen LogP contribution in [0.25, 0.3) is 10.8 Å². The largest absolute Gasteiger partial charge is 0.388 e. The van der Waals surface area contributed by atoms with Crippen LogP contribution >= 0.6 is 11.6 Å². The maximum absolute atomic E-state index is 13.1. The molecule has 2 aromatic carbocycles. The van der Waals surface area contributed by atoms with Gasteiger partial charge in [0, 0.05) is 22.7 Å².